The number of ether oxygens (including phenoxy) is 2. The number of H-pyrrole nitrogens is 2. The van der Waals surface area contributed by atoms with Crippen molar-refractivity contribution in [3.63, 3.8) is 0 Å². The first-order valence-corrected chi connectivity index (χ1v) is 16.9. The Labute approximate surface area is 284 Å². The van der Waals surface area contributed by atoms with E-state index in [9.17, 15) is 14.4 Å². The van der Waals surface area contributed by atoms with E-state index in [2.05, 4.69) is 68.8 Å². The summed E-state index contributed by atoms with van der Waals surface area (Å²) in [6.07, 6.45) is 8.78. The van der Waals surface area contributed by atoms with Crippen molar-refractivity contribution in [2.24, 2.45) is 0 Å². The molecule has 4 aromatic rings. The second kappa shape index (κ2) is 14.1. The van der Waals surface area contributed by atoms with Gasteiger partial charge in [-0.2, -0.15) is 0 Å². The normalized spacial score (nSPS) is 21.8. The van der Waals surface area contributed by atoms with Crippen molar-refractivity contribution >= 4 is 17.9 Å². The highest BCUT2D eigenvalue weighted by Gasteiger charge is 2.37. The largest absolute Gasteiger partial charge is 0.453 e. The van der Waals surface area contributed by atoms with Crippen LogP contribution >= 0.6 is 0 Å². The van der Waals surface area contributed by atoms with Crippen LogP contribution in [0, 0.1) is 0 Å². The third-order valence-corrected chi connectivity index (χ3v) is 9.68. The summed E-state index contributed by atoms with van der Waals surface area (Å²) >= 11 is 0. The average Bonchev–Trinajstić information content (AvgIpc) is 3.95. The fourth-order valence-corrected chi connectivity index (χ4v) is 7.14. The standard InChI is InChI=1S/C37H41N7O5/c1-23(45)43-18-5-8-31(43)34-38-21-29(39-34)26-14-10-24(11-15-26)25-12-16-27(17-13-25)33-30-22-49-20-4-3-7-28(41-37(47)48-2)36(46)44-19-6-9-32(44)35(40-30)42-33/h3-4,10-17,21,28,31-32H,5-9,18-20,22H2,1-2H3,(H,38,39)(H,40,42)(H,41,47)/b4-3+. The minimum absolute atomic E-state index is 0.00617. The van der Waals surface area contributed by atoms with Gasteiger partial charge in [-0.15, -0.1) is 0 Å². The van der Waals surface area contributed by atoms with E-state index in [0.29, 0.717) is 32.0 Å². The Kier molecular flexibility index (Phi) is 9.30. The molecule has 254 valence electrons. The van der Waals surface area contributed by atoms with Crippen LogP contribution in [0.25, 0.3) is 33.6 Å². The van der Waals surface area contributed by atoms with Gasteiger partial charge in [0.15, 0.2) is 0 Å². The van der Waals surface area contributed by atoms with Gasteiger partial charge in [0.25, 0.3) is 0 Å². The van der Waals surface area contributed by atoms with Crippen LogP contribution in [0.4, 0.5) is 4.79 Å². The number of carbonyl (C=O) groups excluding carboxylic acids is 3. The lowest BCUT2D eigenvalue weighted by Gasteiger charge is -2.27. The lowest BCUT2D eigenvalue weighted by atomic mass is 10.0. The van der Waals surface area contributed by atoms with E-state index in [1.807, 2.05) is 28.1 Å². The van der Waals surface area contributed by atoms with Crippen LogP contribution in [0.1, 0.15) is 68.5 Å². The van der Waals surface area contributed by atoms with Gasteiger partial charge in [-0.1, -0.05) is 60.7 Å². The summed E-state index contributed by atoms with van der Waals surface area (Å²) in [5.74, 6) is 1.47. The first-order chi connectivity index (χ1) is 23.9. The summed E-state index contributed by atoms with van der Waals surface area (Å²) in [6.45, 7) is 3.66. The monoisotopic (exact) mass is 663 g/mol. The molecule has 0 radical (unpaired) electrons. The summed E-state index contributed by atoms with van der Waals surface area (Å²) in [5.41, 5.74) is 6.70. The highest BCUT2D eigenvalue weighted by Crippen LogP contribution is 2.36. The number of alkyl carbamates (subject to hydrolysis) is 1. The van der Waals surface area contributed by atoms with Gasteiger partial charge in [-0.25, -0.2) is 14.8 Å². The Hall–Kier alpha value is -5.23. The Bertz CT molecular complexity index is 1850. The number of rotatable bonds is 5. The summed E-state index contributed by atoms with van der Waals surface area (Å²) in [5, 5.41) is 2.69. The van der Waals surface area contributed by atoms with Crippen LogP contribution in [0.3, 0.4) is 0 Å². The quantitative estimate of drug-likeness (QED) is 0.233. The molecular weight excluding hydrogens is 622 g/mol. The molecule has 12 heteroatoms. The lowest BCUT2D eigenvalue weighted by molar-refractivity contribution is -0.134. The fraction of sp³-hybridized carbons (Fsp3) is 0.378. The minimum Gasteiger partial charge on any atom is -0.453 e. The summed E-state index contributed by atoms with van der Waals surface area (Å²) in [7, 11) is 1.29. The SMILES string of the molecule is COC(=O)NC1C/C=C/COCc2[nH]c(nc2-c2ccc(-c3ccc(-c4cnc(C5CCCN5C(C)=O)[nH]4)cc3)cc2)C2CCCN2C1=O. The molecule has 3 aliphatic heterocycles. The number of imidazole rings is 2. The average molecular weight is 664 g/mol. The van der Waals surface area contributed by atoms with Gasteiger partial charge in [-0.3, -0.25) is 9.59 Å². The maximum atomic E-state index is 13.6. The zero-order chi connectivity index (χ0) is 33.9. The second-order valence-corrected chi connectivity index (χ2v) is 12.8. The van der Waals surface area contributed by atoms with Crippen molar-refractivity contribution in [1.29, 1.82) is 0 Å². The van der Waals surface area contributed by atoms with Gasteiger partial charge in [0.1, 0.15) is 17.7 Å². The molecule has 49 heavy (non-hydrogen) atoms. The van der Waals surface area contributed by atoms with Crippen LogP contribution in [0.15, 0.2) is 66.9 Å². The predicted molar refractivity (Wildman–Crippen MR) is 183 cm³/mol. The zero-order valence-electron chi connectivity index (χ0n) is 27.8. The Morgan fingerprint density at radius 2 is 1.59 bits per heavy atom. The summed E-state index contributed by atoms with van der Waals surface area (Å²) in [6, 6.07) is 15.7. The number of nitrogens with one attached hydrogen (secondary N) is 3. The van der Waals surface area contributed by atoms with Gasteiger partial charge >= 0.3 is 6.09 Å². The zero-order valence-corrected chi connectivity index (χ0v) is 27.8. The topological polar surface area (TPSA) is 146 Å². The van der Waals surface area contributed by atoms with E-state index in [1.165, 1.54) is 7.11 Å². The maximum absolute atomic E-state index is 13.6. The number of fused-ring (bicyclic) bond motifs is 4. The maximum Gasteiger partial charge on any atom is 0.407 e. The molecule has 2 aromatic carbocycles. The third-order valence-electron chi connectivity index (χ3n) is 9.68. The summed E-state index contributed by atoms with van der Waals surface area (Å²) in [4.78, 5) is 58.0. The van der Waals surface area contributed by atoms with Gasteiger partial charge in [0.05, 0.1) is 55.7 Å². The van der Waals surface area contributed by atoms with E-state index in [1.54, 1.807) is 6.92 Å². The predicted octanol–water partition coefficient (Wildman–Crippen LogP) is 5.68. The van der Waals surface area contributed by atoms with E-state index in [4.69, 9.17) is 14.5 Å². The molecule has 2 saturated heterocycles. The number of amides is 3. The molecule has 2 fully saturated rings. The number of nitrogens with zero attached hydrogens (tertiary/aromatic N) is 4. The Balaban J connectivity index is 1.10. The molecular formula is C37H41N7O5. The molecule has 0 spiro atoms. The molecule has 7 rings (SSSR count). The van der Waals surface area contributed by atoms with Crippen LogP contribution < -0.4 is 5.32 Å². The van der Waals surface area contributed by atoms with Crippen LogP contribution in [0.5, 0.6) is 0 Å². The van der Waals surface area contributed by atoms with Gasteiger partial charge in [-0.05, 0) is 48.8 Å². The minimum atomic E-state index is -0.742. The van der Waals surface area contributed by atoms with E-state index in [0.717, 1.165) is 77.4 Å². The van der Waals surface area contributed by atoms with Crippen molar-refractivity contribution in [2.75, 3.05) is 26.8 Å². The second-order valence-electron chi connectivity index (χ2n) is 12.8. The highest BCUT2D eigenvalue weighted by molar-refractivity contribution is 5.86. The number of hydrogen-bond donors (Lipinski definition) is 3. The molecule has 3 aliphatic rings. The number of carbonyl (C=O) groups is 3. The van der Waals surface area contributed by atoms with Gasteiger partial charge in [0, 0.05) is 25.6 Å². The first kappa shape index (κ1) is 32.3. The van der Waals surface area contributed by atoms with Crippen LogP contribution in [-0.2, 0) is 25.7 Å². The lowest BCUT2D eigenvalue weighted by Crippen LogP contribution is -2.48. The molecule has 5 heterocycles. The van der Waals surface area contributed by atoms with E-state index in [-0.39, 0.29) is 23.9 Å². The fourth-order valence-electron chi connectivity index (χ4n) is 7.14. The number of aromatic amines is 2. The molecule has 0 aliphatic carbocycles. The molecule has 0 saturated carbocycles. The molecule has 3 amide bonds. The van der Waals surface area contributed by atoms with Crippen molar-refractivity contribution in [3.05, 3.63) is 84.2 Å². The molecule has 2 bridgehead atoms. The first-order valence-electron chi connectivity index (χ1n) is 16.9. The highest BCUT2D eigenvalue weighted by atomic mass is 16.5. The number of methoxy groups -OCH3 is 1. The third kappa shape index (κ3) is 6.73. The van der Waals surface area contributed by atoms with E-state index >= 15 is 0 Å². The molecule has 3 N–H and O–H groups in total. The molecule has 3 atom stereocenters. The van der Waals surface area contributed by atoms with Gasteiger partial charge < -0.3 is 34.6 Å². The van der Waals surface area contributed by atoms with Gasteiger partial charge in [0.2, 0.25) is 11.8 Å². The number of benzene rings is 2. The Morgan fingerprint density at radius 3 is 2.33 bits per heavy atom. The van der Waals surface area contributed by atoms with Crippen LogP contribution in [0.2, 0.25) is 0 Å². The molecule has 3 unspecified atom stereocenters. The summed E-state index contributed by atoms with van der Waals surface area (Å²) < 4.78 is 10.8. The number of aromatic nitrogens is 4. The van der Waals surface area contributed by atoms with E-state index < -0.39 is 12.1 Å². The molecule has 12 nitrogen and oxygen atoms in total. The van der Waals surface area contributed by atoms with Crippen molar-refractivity contribution in [3.8, 4) is 33.6 Å². The number of likely N-dealkylation sites (tertiary alicyclic amines) is 1. The van der Waals surface area contributed by atoms with Crippen LogP contribution in [-0.4, -0.2) is 80.5 Å². The number of hydrogen-bond acceptors (Lipinski definition) is 7. The smallest absolute Gasteiger partial charge is 0.407 e. The molecule has 2 aromatic heterocycles. The van der Waals surface area contributed by atoms with Crippen molar-refractivity contribution < 1.29 is 23.9 Å². The Morgan fingerprint density at radius 1 is 0.898 bits per heavy atom. The van der Waals surface area contributed by atoms with Crippen molar-refractivity contribution in [1.82, 2.24) is 35.1 Å². The van der Waals surface area contributed by atoms with Crippen molar-refractivity contribution in [2.45, 2.75) is 63.8 Å².